The van der Waals surface area contributed by atoms with Crippen LogP contribution in [0.3, 0.4) is 0 Å². The Balaban J connectivity index is 1.47. The lowest BCUT2D eigenvalue weighted by molar-refractivity contribution is -0.126. The lowest BCUT2D eigenvalue weighted by Gasteiger charge is -2.31. The molecule has 1 aliphatic heterocycles. The Bertz CT molecular complexity index is 1220. The van der Waals surface area contributed by atoms with Crippen LogP contribution in [0.4, 0.5) is 4.39 Å². The van der Waals surface area contributed by atoms with E-state index in [-0.39, 0.29) is 41.4 Å². The van der Waals surface area contributed by atoms with Gasteiger partial charge in [0.05, 0.1) is 0 Å². The van der Waals surface area contributed by atoms with Crippen molar-refractivity contribution in [1.29, 1.82) is 0 Å². The summed E-state index contributed by atoms with van der Waals surface area (Å²) < 4.78 is 47.7. The number of carbonyl (C=O) groups is 1. The molecule has 1 N–H and O–H groups in total. The number of carbonyl (C=O) groups excluding carboxylic acids is 1. The summed E-state index contributed by atoms with van der Waals surface area (Å²) in [5.74, 6) is -0.0421. The highest BCUT2D eigenvalue weighted by Crippen LogP contribution is 2.29. The van der Waals surface area contributed by atoms with Gasteiger partial charge in [0.15, 0.2) is 5.76 Å². The number of sulfonamides is 1. The minimum Gasteiger partial charge on any atom is -0.360 e. The van der Waals surface area contributed by atoms with Crippen LogP contribution in [-0.4, -0.2) is 46.4 Å². The SMILES string of the molecule is Cc1noc(C)c1S(=O)(=O)N1CCC(C(=O)NC(c2ccc(F)cc2)c2nccn2C)CC1. The Hall–Kier alpha value is -3.05. The number of benzene rings is 1. The lowest BCUT2D eigenvalue weighted by Crippen LogP contribution is -2.44. The second-order valence-electron chi connectivity index (χ2n) is 8.22. The summed E-state index contributed by atoms with van der Waals surface area (Å²) in [5, 5.41) is 6.77. The highest BCUT2D eigenvalue weighted by atomic mass is 32.2. The Morgan fingerprint density at radius 1 is 1.21 bits per heavy atom. The molecule has 1 amide bonds. The third kappa shape index (κ3) is 4.55. The summed E-state index contributed by atoms with van der Waals surface area (Å²) in [6.45, 7) is 3.60. The first-order valence-corrected chi connectivity index (χ1v) is 12.1. The first kappa shape index (κ1) is 23.1. The van der Waals surface area contributed by atoms with E-state index < -0.39 is 16.1 Å². The zero-order chi connectivity index (χ0) is 23.8. The molecule has 176 valence electrons. The number of aryl methyl sites for hydroxylation is 3. The summed E-state index contributed by atoms with van der Waals surface area (Å²) in [7, 11) is -1.92. The van der Waals surface area contributed by atoms with Crippen LogP contribution in [0.5, 0.6) is 0 Å². The minimum absolute atomic E-state index is 0.0940. The number of nitrogens with zero attached hydrogens (tertiary/aromatic N) is 4. The molecule has 1 aromatic carbocycles. The van der Waals surface area contributed by atoms with Gasteiger partial charge >= 0.3 is 0 Å². The second kappa shape index (κ2) is 9.06. The molecule has 9 nitrogen and oxygen atoms in total. The van der Waals surface area contributed by atoms with E-state index in [4.69, 9.17) is 4.52 Å². The standard InChI is InChI=1S/C22H26FN5O4S/c1-14-20(15(2)32-26-14)33(30,31)28-11-8-17(9-12-28)22(29)25-19(21-24-10-13-27(21)3)16-4-6-18(23)7-5-16/h4-7,10,13,17,19H,8-9,11-12H2,1-3H3,(H,25,29). The highest BCUT2D eigenvalue weighted by Gasteiger charge is 2.36. The summed E-state index contributed by atoms with van der Waals surface area (Å²) in [6, 6.07) is 5.37. The molecule has 0 aliphatic carbocycles. The Morgan fingerprint density at radius 3 is 2.42 bits per heavy atom. The van der Waals surface area contributed by atoms with Crippen molar-refractivity contribution >= 4 is 15.9 Å². The molecule has 0 saturated carbocycles. The summed E-state index contributed by atoms with van der Waals surface area (Å²) in [4.78, 5) is 17.6. The number of rotatable bonds is 6. The Morgan fingerprint density at radius 2 is 1.88 bits per heavy atom. The Labute approximate surface area is 191 Å². The molecule has 4 rings (SSSR count). The largest absolute Gasteiger partial charge is 0.360 e. The van der Waals surface area contributed by atoms with Crippen molar-refractivity contribution in [3.8, 4) is 0 Å². The maximum absolute atomic E-state index is 13.4. The fourth-order valence-corrected chi connectivity index (χ4v) is 5.96. The van der Waals surface area contributed by atoms with Gasteiger partial charge in [-0.15, -0.1) is 0 Å². The van der Waals surface area contributed by atoms with Gasteiger partial charge in [-0.25, -0.2) is 17.8 Å². The smallest absolute Gasteiger partial charge is 0.248 e. The molecule has 1 unspecified atom stereocenters. The van der Waals surface area contributed by atoms with E-state index in [0.29, 0.717) is 29.9 Å². The molecule has 1 atom stereocenters. The number of piperidine rings is 1. The molecule has 1 saturated heterocycles. The number of hydrogen-bond acceptors (Lipinski definition) is 6. The van der Waals surface area contributed by atoms with Gasteiger partial charge < -0.3 is 14.4 Å². The van der Waals surface area contributed by atoms with Crippen molar-refractivity contribution in [2.24, 2.45) is 13.0 Å². The molecule has 1 aliphatic rings. The molecule has 2 aromatic heterocycles. The average molecular weight is 476 g/mol. The molecule has 11 heteroatoms. The number of hydrogen-bond donors (Lipinski definition) is 1. The van der Waals surface area contributed by atoms with Crippen LogP contribution in [0.2, 0.25) is 0 Å². The predicted octanol–water partition coefficient (Wildman–Crippen LogP) is 2.47. The molecule has 3 aromatic rings. The maximum Gasteiger partial charge on any atom is 0.248 e. The van der Waals surface area contributed by atoms with Crippen LogP contribution in [0.1, 0.15) is 41.7 Å². The lowest BCUT2D eigenvalue weighted by atomic mass is 9.96. The summed E-state index contributed by atoms with van der Waals surface area (Å²) in [5.41, 5.74) is 1.03. The van der Waals surface area contributed by atoms with E-state index in [1.165, 1.54) is 16.4 Å². The van der Waals surface area contributed by atoms with Crippen LogP contribution in [0.15, 0.2) is 46.1 Å². The number of aromatic nitrogens is 3. The van der Waals surface area contributed by atoms with Gasteiger partial charge in [-0.3, -0.25) is 4.79 Å². The van der Waals surface area contributed by atoms with Crippen molar-refractivity contribution in [2.45, 2.75) is 37.6 Å². The van der Waals surface area contributed by atoms with Crippen LogP contribution in [-0.2, 0) is 21.9 Å². The van der Waals surface area contributed by atoms with E-state index >= 15 is 0 Å². The van der Waals surface area contributed by atoms with Crippen molar-refractivity contribution in [3.05, 3.63) is 65.3 Å². The topological polar surface area (TPSA) is 110 Å². The average Bonchev–Trinajstić information content (AvgIpc) is 3.37. The third-order valence-corrected chi connectivity index (χ3v) is 8.14. The Kier molecular flexibility index (Phi) is 6.35. The van der Waals surface area contributed by atoms with Gasteiger partial charge in [-0.05, 0) is 44.4 Å². The second-order valence-corrected chi connectivity index (χ2v) is 10.1. The van der Waals surface area contributed by atoms with Crippen LogP contribution < -0.4 is 5.32 Å². The normalized spacial score (nSPS) is 16.6. The molecule has 33 heavy (non-hydrogen) atoms. The van der Waals surface area contributed by atoms with Gasteiger partial charge in [0.1, 0.15) is 28.3 Å². The van der Waals surface area contributed by atoms with Crippen molar-refractivity contribution in [3.63, 3.8) is 0 Å². The molecule has 0 spiro atoms. The van der Waals surface area contributed by atoms with Crippen molar-refractivity contribution < 1.29 is 22.1 Å². The molecule has 1 fully saturated rings. The quantitative estimate of drug-likeness (QED) is 0.587. The number of halogens is 1. The summed E-state index contributed by atoms with van der Waals surface area (Å²) >= 11 is 0. The predicted molar refractivity (Wildman–Crippen MR) is 117 cm³/mol. The van der Waals surface area contributed by atoms with Crippen molar-refractivity contribution in [1.82, 2.24) is 24.3 Å². The fraction of sp³-hybridized carbons (Fsp3) is 0.409. The number of amides is 1. The van der Waals surface area contributed by atoms with Gasteiger partial charge in [0, 0.05) is 38.4 Å². The monoisotopic (exact) mass is 475 g/mol. The molecular formula is C22H26FN5O4S. The van der Waals surface area contributed by atoms with Crippen molar-refractivity contribution in [2.75, 3.05) is 13.1 Å². The van der Waals surface area contributed by atoms with Gasteiger partial charge in [0.2, 0.25) is 15.9 Å². The molecular weight excluding hydrogens is 449 g/mol. The van der Waals surface area contributed by atoms with E-state index in [9.17, 15) is 17.6 Å². The fourth-order valence-electron chi connectivity index (χ4n) is 4.20. The zero-order valence-electron chi connectivity index (χ0n) is 18.7. The van der Waals surface area contributed by atoms with E-state index in [0.717, 1.165) is 0 Å². The van der Waals surface area contributed by atoms with Gasteiger partial charge in [0.25, 0.3) is 0 Å². The van der Waals surface area contributed by atoms with Crippen LogP contribution in [0, 0.1) is 25.6 Å². The summed E-state index contributed by atoms with van der Waals surface area (Å²) in [6.07, 6.45) is 4.17. The molecule has 3 heterocycles. The molecule has 0 bridgehead atoms. The molecule has 0 radical (unpaired) electrons. The maximum atomic E-state index is 13.4. The van der Waals surface area contributed by atoms with E-state index in [1.54, 1.807) is 42.9 Å². The van der Waals surface area contributed by atoms with Crippen LogP contribution >= 0.6 is 0 Å². The highest BCUT2D eigenvalue weighted by molar-refractivity contribution is 7.89. The van der Waals surface area contributed by atoms with Gasteiger partial charge in [-0.1, -0.05) is 17.3 Å². The van der Waals surface area contributed by atoms with Gasteiger partial charge in [-0.2, -0.15) is 4.31 Å². The number of nitrogens with one attached hydrogen (secondary N) is 1. The third-order valence-electron chi connectivity index (χ3n) is 6.00. The first-order chi connectivity index (χ1) is 15.7. The first-order valence-electron chi connectivity index (χ1n) is 10.6. The minimum atomic E-state index is -3.74. The van der Waals surface area contributed by atoms with E-state index in [2.05, 4.69) is 15.5 Å². The van der Waals surface area contributed by atoms with E-state index in [1.807, 2.05) is 7.05 Å². The zero-order valence-corrected chi connectivity index (χ0v) is 19.5. The van der Waals surface area contributed by atoms with Crippen LogP contribution in [0.25, 0.3) is 0 Å². The number of imidazole rings is 1.